The summed E-state index contributed by atoms with van der Waals surface area (Å²) in [6, 6.07) is 20.1. The van der Waals surface area contributed by atoms with Crippen LogP contribution in [-0.4, -0.2) is 269 Å². The van der Waals surface area contributed by atoms with Crippen molar-refractivity contribution >= 4 is 113 Å². The molecule has 0 aliphatic heterocycles. The fourth-order valence-electron chi connectivity index (χ4n) is 8.24. The Bertz CT molecular complexity index is 4170. The van der Waals surface area contributed by atoms with E-state index in [0.717, 1.165) is 30.3 Å². The molecule has 0 atom stereocenters. The molecular formula is C59H82N10O24S4. The van der Waals surface area contributed by atoms with Gasteiger partial charge in [0.15, 0.2) is 11.5 Å². The lowest BCUT2D eigenvalue weighted by molar-refractivity contribution is 0.184. The predicted octanol–water partition coefficient (Wildman–Crippen LogP) is 4.03. The minimum Gasteiger partial charge on any atom is -0.505 e. The molecule has 34 nitrogen and oxygen atoms in total. The molecule has 0 unspecified atom stereocenters. The highest BCUT2D eigenvalue weighted by Gasteiger charge is 2.25. The van der Waals surface area contributed by atoms with Gasteiger partial charge in [-0.25, -0.2) is 4.79 Å². The maximum absolute atomic E-state index is 13.1. The number of hydrogen-bond acceptors (Lipinski definition) is 28. The van der Waals surface area contributed by atoms with Gasteiger partial charge in [0.1, 0.15) is 31.8 Å². The first-order chi connectivity index (χ1) is 45.6. The number of aromatic hydroxyl groups is 2. The van der Waals surface area contributed by atoms with E-state index in [2.05, 4.69) is 31.1 Å². The van der Waals surface area contributed by atoms with Gasteiger partial charge in [-0.2, -0.15) is 43.9 Å². The van der Waals surface area contributed by atoms with E-state index < -0.39 is 84.1 Å². The van der Waals surface area contributed by atoms with Crippen molar-refractivity contribution in [1.82, 2.24) is 19.6 Å². The molecule has 0 aliphatic carbocycles. The number of anilines is 2. The van der Waals surface area contributed by atoms with E-state index in [9.17, 15) is 66.9 Å². The molecule has 2 amide bonds. The van der Waals surface area contributed by atoms with Crippen molar-refractivity contribution in [3.8, 4) is 17.2 Å². The minimum absolute atomic E-state index is 0.0143. The van der Waals surface area contributed by atoms with Gasteiger partial charge in [0, 0.05) is 74.5 Å². The standard InChI is InChI=1S/C39H30N6O16S4.4C5H13NO2/c1-2-61-31-12-8-27(19-32(31)63(52,53)54)43-45-36-34(65(58,59)60)18-23-15-25(7-11-30(23)38(36)47)41-39(48)40-24-6-10-29-22(14-24)17-33(64(55,56)57)35(37(29)46)44-42-26-5-3-21-16-28(62(49,50)51)9-4-20(21)13-26;4*1-6(2-4-7)3-5-8/h3-19,46-47H,2H2,1H3,(H2,40,41,48)(H,49,50,51)(H,52,53,54)(H,55,56,57)(H,58,59,60);4*7-8H,2-5H2,1H3. The van der Waals surface area contributed by atoms with Crippen LogP contribution in [-0.2, 0) is 40.5 Å². The average molecular weight is 1440 g/mol. The number of hydrogen-bond donors (Lipinski definition) is 16. The molecule has 7 rings (SSSR count). The van der Waals surface area contributed by atoms with Gasteiger partial charge >= 0.3 is 6.03 Å². The molecule has 7 aromatic rings. The second kappa shape index (κ2) is 40.3. The summed E-state index contributed by atoms with van der Waals surface area (Å²) in [6.07, 6.45) is 0. The fraction of sp³-hybridized carbons (Fsp3) is 0.373. The van der Waals surface area contributed by atoms with Crippen LogP contribution in [0.1, 0.15) is 6.92 Å². The summed E-state index contributed by atoms with van der Waals surface area (Å²) in [6.45, 7) is 8.05. The van der Waals surface area contributed by atoms with E-state index in [1.165, 1.54) is 72.8 Å². The fourth-order valence-corrected chi connectivity index (χ4v) is 10.7. The zero-order valence-corrected chi connectivity index (χ0v) is 56.7. The van der Waals surface area contributed by atoms with Gasteiger partial charge in [-0.05, 0) is 148 Å². The lowest BCUT2D eigenvalue weighted by atomic mass is 10.1. The first kappa shape index (κ1) is 83.6. The molecule has 97 heavy (non-hydrogen) atoms. The normalized spacial score (nSPS) is 12.0. The largest absolute Gasteiger partial charge is 0.505 e. The summed E-state index contributed by atoms with van der Waals surface area (Å²) >= 11 is 0. The van der Waals surface area contributed by atoms with Crippen molar-refractivity contribution in [2.45, 2.75) is 26.5 Å². The molecule has 536 valence electrons. The van der Waals surface area contributed by atoms with Gasteiger partial charge in [-0.1, -0.05) is 12.1 Å². The van der Waals surface area contributed by atoms with Crippen LogP contribution in [0.3, 0.4) is 0 Å². The first-order valence-electron chi connectivity index (χ1n) is 29.0. The first-order valence-corrected chi connectivity index (χ1v) is 34.7. The molecular weight excluding hydrogens is 1360 g/mol. The maximum atomic E-state index is 13.1. The van der Waals surface area contributed by atoms with Crippen molar-refractivity contribution < 1.29 is 112 Å². The predicted molar refractivity (Wildman–Crippen MR) is 360 cm³/mol. The average Bonchev–Trinajstić information content (AvgIpc) is 0.778. The number of urea groups is 1. The van der Waals surface area contributed by atoms with Crippen molar-refractivity contribution in [3.63, 3.8) is 0 Å². The molecule has 0 radical (unpaired) electrons. The number of rotatable bonds is 28. The Labute approximate surface area is 560 Å². The number of carbonyl (C=O) groups excluding carboxylic acids is 1. The number of aliphatic hydroxyl groups excluding tert-OH is 8. The van der Waals surface area contributed by atoms with Gasteiger partial charge in [-0.15, -0.1) is 10.2 Å². The topological polar surface area (TPSA) is 533 Å². The summed E-state index contributed by atoms with van der Waals surface area (Å²) in [5, 5.41) is 110. The van der Waals surface area contributed by atoms with Crippen molar-refractivity contribution in [1.29, 1.82) is 0 Å². The zero-order valence-electron chi connectivity index (χ0n) is 53.4. The number of nitrogens with zero attached hydrogens (tertiary/aromatic N) is 8. The lowest BCUT2D eigenvalue weighted by Crippen LogP contribution is -2.25. The number of phenols is 2. The Hall–Kier alpha value is -7.65. The molecule has 0 saturated heterocycles. The molecule has 7 aromatic carbocycles. The summed E-state index contributed by atoms with van der Waals surface area (Å²) in [5.41, 5.74) is -1.35. The summed E-state index contributed by atoms with van der Waals surface area (Å²) in [4.78, 5) is 17.8. The minimum atomic E-state index is -5.11. The number of amides is 2. The summed E-state index contributed by atoms with van der Waals surface area (Å²) in [7, 11) is -12.0. The number of benzene rings is 7. The number of nitrogens with one attached hydrogen (secondary N) is 2. The molecule has 0 saturated carbocycles. The van der Waals surface area contributed by atoms with Crippen molar-refractivity contribution in [2.24, 2.45) is 20.5 Å². The van der Waals surface area contributed by atoms with E-state index >= 15 is 0 Å². The number of ether oxygens (including phenoxy) is 1. The number of carbonyl (C=O) groups is 1. The van der Waals surface area contributed by atoms with Crippen LogP contribution >= 0.6 is 0 Å². The van der Waals surface area contributed by atoms with Crippen LogP contribution in [0.15, 0.2) is 143 Å². The van der Waals surface area contributed by atoms with Crippen LogP contribution < -0.4 is 15.4 Å². The molecule has 16 N–H and O–H groups in total. The Morgan fingerprint density at radius 3 is 1.08 bits per heavy atom. The third kappa shape index (κ3) is 27.7. The van der Waals surface area contributed by atoms with E-state index in [4.69, 9.17) is 45.6 Å². The molecule has 38 heteroatoms. The van der Waals surface area contributed by atoms with Gasteiger partial charge in [0.25, 0.3) is 40.5 Å². The van der Waals surface area contributed by atoms with E-state index in [1.807, 2.05) is 47.8 Å². The second-order valence-electron chi connectivity index (χ2n) is 20.7. The Morgan fingerprint density at radius 1 is 0.402 bits per heavy atom. The monoisotopic (exact) mass is 1440 g/mol. The lowest BCUT2D eigenvalue weighted by Gasteiger charge is -2.13. The summed E-state index contributed by atoms with van der Waals surface area (Å²) < 4.78 is 141. The van der Waals surface area contributed by atoms with E-state index in [1.54, 1.807) is 6.92 Å². The Morgan fingerprint density at radius 2 is 0.742 bits per heavy atom. The molecule has 0 fully saturated rings. The molecule has 0 aromatic heterocycles. The SMILES string of the molecule is CCOc1ccc(N=Nc2c(S(=O)(=O)O)cc3cc(NC(=O)Nc4ccc5c(O)c(N=Nc6ccc7cc(S(=O)(=O)O)ccc7c6)c(S(=O)(=O)O)cc5c4)ccc3c2O)cc1S(=O)(=O)O.CN(CCO)CCO.CN(CCO)CCO.CN(CCO)CCO.CN(CCO)CCO. The smallest absolute Gasteiger partial charge is 0.323 e. The number of likely N-dealkylation sites (N-methyl/N-ethyl adjacent to an activating group) is 4. The van der Waals surface area contributed by atoms with Crippen LogP contribution in [0.5, 0.6) is 17.2 Å². The number of phenolic OH excluding ortho intramolecular Hbond substituents is 2. The van der Waals surface area contributed by atoms with Crippen LogP contribution in [0, 0.1) is 0 Å². The molecule has 0 heterocycles. The van der Waals surface area contributed by atoms with Crippen LogP contribution in [0.2, 0.25) is 0 Å². The van der Waals surface area contributed by atoms with Crippen LogP contribution in [0.4, 0.5) is 38.9 Å². The molecule has 0 spiro atoms. The highest BCUT2D eigenvalue weighted by molar-refractivity contribution is 7.86. The summed E-state index contributed by atoms with van der Waals surface area (Å²) in [5.74, 6) is -1.69. The van der Waals surface area contributed by atoms with Crippen molar-refractivity contribution in [3.05, 3.63) is 103 Å². The van der Waals surface area contributed by atoms with Gasteiger partial charge in [-0.3, -0.25) is 18.2 Å². The Kier molecular flexibility index (Phi) is 34.7. The Balaban J connectivity index is 0.000000627. The van der Waals surface area contributed by atoms with E-state index in [-0.39, 0.29) is 114 Å². The quantitative estimate of drug-likeness (QED) is 0.0243. The van der Waals surface area contributed by atoms with E-state index in [0.29, 0.717) is 63.1 Å². The highest BCUT2D eigenvalue weighted by atomic mass is 32.2. The zero-order chi connectivity index (χ0) is 72.8. The number of fused-ring (bicyclic) bond motifs is 3. The van der Waals surface area contributed by atoms with Crippen LogP contribution in [0.25, 0.3) is 32.3 Å². The highest BCUT2D eigenvalue weighted by Crippen LogP contribution is 2.44. The molecule has 0 aliphatic rings. The molecule has 0 bridgehead atoms. The van der Waals surface area contributed by atoms with Gasteiger partial charge < -0.3 is 86.0 Å². The van der Waals surface area contributed by atoms with Crippen molar-refractivity contribution in [2.75, 3.05) is 151 Å². The van der Waals surface area contributed by atoms with Gasteiger partial charge in [0.05, 0.1) is 75.7 Å². The maximum Gasteiger partial charge on any atom is 0.323 e. The third-order valence-electron chi connectivity index (χ3n) is 13.2. The third-order valence-corrected chi connectivity index (χ3v) is 16.6. The second-order valence-corrected chi connectivity index (χ2v) is 26.2. The number of aliphatic hydroxyl groups is 8. The van der Waals surface area contributed by atoms with Gasteiger partial charge in [0.2, 0.25) is 0 Å². The number of azo groups is 2.